The molecule has 2 N–H and O–H groups in total. The average Bonchev–Trinajstić information content (AvgIpc) is 2.55. The second-order valence-corrected chi connectivity index (χ2v) is 5.77. The van der Waals surface area contributed by atoms with E-state index in [4.69, 9.17) is 9.47 Å². The van der Waals surface area contributed by atoms with Gasteiger partial charge in [0.25, 0.3) is 0 Å². The Bertz CT molecular complexity index is 442. The van der Waals surface area contributed by atoms with Crippen LogP contribution in [0.15, 0.2) is 18.2 Å². The van der Waals surface area contributed by atoms with Crippen molar-refractivity contribution in [2.75, 3.05) is 20.3 Å². The molecule has 0 saturated heterocycles. The standard InChI is InChI=1S/C17H27NO3/c1-3-21-15-8-7-14(11-16(15)20-2)12-18-17(13-19)9-5-4-6-10-17/h7-8,11,18-19H,3-6,9-10,12-13H2,1-2H3. The first kappa shape index (κ1) is 16.1. The van der Waals surface area contributed by atoms with Crippen molar-refractivity contribution >= 4 is 0 Å². The minimum absolute atomic E-state index is 0.107. The Labute approximate surface area is 127 Å². The minimum Gasteiger partial charge on any atom is -0.493 e. The van der Waals surface area contributed by atoms with E-state index in [1.54, 1.807) is 7.11 Å². The van der Waals surface area contributed by atoms with Crippen molar-refractivity contribution < 1.29 is 14.6 Å². The topological polar surface area (TPSA) is 50.7 Å². The lowest BCUT2D eigenvalue weighted by molar-refractivity contribution is 0.119. The smallest absolute Gasteiger partial charge is 0.161 e. The van der Waals surface area contributed by atoms with Crippen molar-refractivity contribution in [3.05, 3.63) is 23.8 Å². The molecule has 0 aliphatic heterocycles. The van der Waals surface area contributed by atoms with Crippen LogP contribution in [0.4, 0.5) is 0 Å². The lowest BCUT2D eigenvalue weighted by atomic mass is 9.82. The fourth-order valence-corrected chi connectivity index (χ4v) is 3.01. The third-order valence-corrected chi connectivity index (χ3v) is 4.31. The van der Waals surface area contributed by atoms with Crippen LogP contribution < -0.4 is 14.8 Å². The van der Waals surface area contributed by atoms with E-state index >= 15 is 0 Å². The van der Waals surface area contributed by atoms with Crippen LogP contribution >= 0.6 is 0 Å². The molecular weight excluding hydrogens is 266 g/mol. The molecule has 1 aromatic carbocycles. The summed E-state index contributed by atoms with van der Waals surface area (Å²) < 4.78 is 10.9. The van der Waals surface area contributed by atoms with Gasteiger partial charge in [0.1, 0.15) is 0 Å². The van der Waals surface area contributed by atoms with Gasteiger partial charge in [-0.2, -0.15) is 0 Å². The van der Waals surface area contributed by atoms with Crippen molar-refractivity contribution in [2.45, 2.75) is 51.1 Å². The minimum atomic E-state index is -0.107. The Morgan fingerprint density at radius 2 is 1.95 bits per heavy atom. The molecule has 0 spiro atoms. The predicted octanol–water partition coefficient (Wildman–Crippen LogP) is 2.88. The number of ether oxygens (including phenoxy) is 2. The zero-order chi connectivity index (χ0) is 15.1. The van der Waals surface area contributed by atoms with E-state index in [0.29, 0.717) is 6.61 Å². The zero-order valence-corrected chi connectivity index (χ0v) is 13.2. The lowest BCUT2D eigenvalue weighted by Crippen LogP contribution is -2.49. The summed E-state index contributed by atoms with van der Waals surface area (Å²) in [5.41, 5.74) is 1.04. The average molecular weight is 293 g/mol. The highest BCUT2D eigenvalue weighted by molar-refractivity contribution is 5.43. The first-order valence-electron chi connectivity index (χ1n) is 7.88. The van der Waals surface area contributed by atoms with Gasteiger partial charge in [-0.3, -0.25) is 0 Å². The van der Waals surface area contributed by atoms with Crippen LogP contribution in [0.25, 0.3) is 0 Å². The van der Waals surface area contributed by atoms with Crippen molar-refractivity contribution in [2.24, 2.45) is 0 Å². The molecule has 1 aliphatic rings. The Balaban J connectivity index is 2.02. The van der Waals surface area contributed by atoms with E-state index in [9.17, 15) is 5.11 Å². The lowest BCUT2D eigenvalue weighted by Gasteiger charge is -2.36. The predicted molar refractivity (Wildman–Crippen MR) is 83.9 cm³/mol. The Hall–Kier alpha value is -1.26. The molecule has 0 heterocycles. The normalized spacial score (nSPS) is 17.5. The van der Waals surface area contributed by atoms with Gasteiger partial charge in [0.2, 0.25) is 0 Å². The molecular formula is C17H27NO3. The zero-order valence-electron chi connectivity index (χ0n) is 13.2. The van der Waals surface area contributed by atoms with E-state index in [1.807, 2.05) is 19.1 Å². The third kappa shape index (κ3) is 4.11. The highest BCUT2D eigenvalue weighted by Gasteiger charge is 2.30. The molecule has 21 heavy (non-hydrogen) atoms. The van der Waals surface area contributed by atoms with Gasteiger partial charge in [0.05, 0.1) is 20.3 Å². The molecule has 4 nitrogen and oxygen atoms in total. The second-order valence-electron chi connectivity index (χ2n) is 5.77. The van der Waals surface area contributed by atoms with Crippen LogP contribution in [-0.4, -0.2) is 31.0 Å². The second kappa shape index (κ2) is 7.66. The molecule has 0 aromatic heterocycles. The SMILES string of the molecule is CCOc1ccc(CNC2(CO)CCCCC2)cc1OC. The molecule has 1 aromatic rings. The molecule has 0 unspecified atom stereocenters. The van der Waals surface area contributed by atoms with Gasteiger partial charge >= 0.3 is 0 Å². The molecule has 0 atom stereocenters. The monoisotopic (exact) mass is 293 g/mol. The number of hydrogen-bond acceptors (Lipinski definition) is 4. The molecule has 1 fully saturated rings. The van der Waals surface area contributed by atoms with Crippen LogP contribution in [0.3, 0.4) is 0 Å². The van der Waals surface area contributed by atoms with E-state index in [-0.39, 0.29) is 12.1 Å². The number of rotatable bonds is 7. The van der Waals surface area contributed by atoms with Gasteiger partial charge in [-0.15, -0.1) is 0 Å². The summed E-state index contributed by atoms with van der Waals surface area (Å²) in [6, 6.07) is 6.01. The van der Waals surface area contributed by atoms with Crippen LogP contribution in [0, 0.1) is 0 Å². The number of nitrogens with one attached hydrogen (secondary N) is 1. The summed E-state index contributed by atoms with van der Waals surface area (Å²) in [6.07, 6.45) is 5.77. The van der Waals surface area contributed by atoms with E-state index in [0.717, 1.165) is 36.4 Å². The maximum absolute atomic E-state index is 9.73. The summed E-state index contributed by atoms with van der Waals surface area (Å²) in [4.78, 5) is 0. The first-order chi connectivity index (χ1) is 10.2. The van der Waals surface area contributed by atoms with Gasteiger partial charge in [0.15, 0.2) is 11.5 Å². The number of methoxy groups -OCH3 is 1. The fourth-order valence-electron chi connectivity index (χ4n) is 3.01. The van der Waals surface area contributed by atoms with Crippen LogP contribution in [-0.2, 0) is 6.54 Å². The largest absolute Gasteiger partial charge is 0.493 e. The fraction of sp³-hybridized carbons (Fsp3) is 0.647. The van der Waals surface area contributed by atoms with Gasteiger partial charge in [-0.25, -0.2) is 0 Å². The van der Waals surface area contributed by atoms with Gasteiger partial charge in [-0.05, 0) is 37.5 Å². The van der Waals surface area contributed by atoms with Gasteiger partial charge in [0, 0.05) is 12.1 Å². The third-order valence-electron chi connectivity index (χ3n) is 4.31. The molecule has 4 heteroatoms. The van der Waals surface area contributed by atoms with E-state index < -0.39 is 0 Å². The molecule has 0 bridgehead atoms. The van der Waals surface area contributed by atoms with Crippen LogP contribution in [0.2, 0.25) is 0 Å². The van der Waals surface area contributed by atoms with Crippen molar-refractivity contribution in [3.63, 3.8) is 0 Å². The highest BCUT2D eigenvalue weighted by Crippen LogP contribution is 2.30. The highest BCUT2D eigenvalue weighted by atomic mass is 16.5. The number of aliphatic hydroxyl groups is 1. The number of benzene rings is 1. The molecule has 1 aliphatic carbocycles. The van der Waals surface area contributed by atoms with Gasteiger partial charge in [-0.1, -0.05) is 25.3 Å². The first-order valence-corrected chi connectivity index (χ1v) is 7.88. The quantitative estimate of drug-likeness (QED) is 0.811. The van der Waals surface area contributed by atoms with Crippen molar-refractivity contribution in [1.82, 2.24) is 5.32 Å². The number of aliphatic hydroxyl groups excluding tert-OH is 1. The Morgan fingerprint density at radius 3 is 2.57 bits per heavy atom. The summed E-state index contributed by atoms with van der Waals surface area (Å²) in [5, 5.41) is 13.3. The maximum Gasteiger partial charge on any atom is 0.161 e. The summed E-state index contributed by atoms with van der Waals surface area (Å²) >= 11 is 0. The molecule has 118 valence electrons. The molecule has 0 amide bonds. The van der Waals surface area contributed by atoms with Gasteiger partial charge < -0.3 is 19.9 Å². The Morgan fingerprint density at radius 1 is 1.19 bits per heavy atom. The van der Waals surface area contributed by atoms with Crippen molar-refractivity contribution in [3.8, 4) is 11.5 Å². The molecule has 2 rings (SSSR count). The van der Waals surface area contributed by atoms with E-state index in [1.165, 1.54) is 19.3 Å². The maximum atomic E-state index is 9.73. The van der Waals surface area contributed by atoms with Crippen LogP contribution in [0.5, 0.6) is 11.5 Å². The Kier molecular flexibility index (Phi) is 5.88. The van der Waals surface area contributed by atoms with E-state index in [2.05, 4.69) is 11.4 Å². The molecule has 0 radical (unpaired) electrons. The summed E-state index contributed by atoms with van der Waals surface area (Å²) in [6.45, 7) is 3.54. The van der Waals surface area contributed by atoms with Crippen LogP contribution in [0.1, 0.15) is 44.6 Å². The van der Waals surface area contributed by atoms with Crippen molar-refractivity contribution in [1.29, 1.82) is 0 Å². The summed E-state index contributed by atoms with van der Waals surface area (Å²) in [5.74, 6) is 1.54. The summed E-state index contributed by atoms with van der Waals surface area (Å²) in [7, 11) is 1.66. The molecule has 1 saturated carbocycles. The number of hydrogen-bond donors (Lipinski definition) is 2.